The number of hydrogen-bond donors (Lipinski definition) is 2. The first kappa shape index (κ1) is 11.1. The normalized spacial score (nSPS) is 7.71. The minimum absolute atomic E-state index is 0. The van der Waals surface area contributed by atoms with Crippen molar-refractivity contribution in [3.05, 3.63) is 0 Å². The summed E-state index contributed by atoms with van der Waals surface area (Å²) in [5, 5.41) is 0. The van der Waals surface area contributed by atoms with Crippen molar-refractivity contribution in [3.8, 4) is 0 Å². The summed E-state index contributed by atoms with van der Waals surface area (Å²) in [5.74, 6) is 0. The third-order valence-electron chi connectivity index (χ3n) is 0.658. The first-order valence-electron chi connectivity index (χ1n) is 2.32. The molecule has 3 heteroatoms. The standard InChI is InChI=1S/C4H12N2.Sm/c5-3-1-2-4-6;/h1-6H2;. The van der Waals surface area contributed by atoms with Crippen LogP contribution in [0.4, 0.5) is 0 Å². The van der Waals surface area contributed by atoms with Crippen molar-refractivity contribution >= 4 is 0 Å². The van der Waals surface area contributed by atoms with Gasteiger partial charge in [-0.3, -0.25) is 0 Å². The van der Waals surface area contributed by atoms with E-state index in [2.05, 4.69) is 0 Å². The zero-order valence-corrected chi connectivity index (χ0v) is 7.01. The summed E-state index contributed by atoms with van der Waals surface area (Å²) >= 11 is 0. The number of hydrogen-bond acceptors (Lipinski definition) is 2. The molecule has 0 aliphatic heterocycles. The van der Waals surface area contributed by atoms with E-state index in [-0.39, 0.29) is 40.4 Å². The third kappa shape index (κ3) is 11.1. The van der Waals surface area contributed by atoms with E-state index in [1.54, 1.807) is 0 Å². The van der Waals surface area contributed by atoms with Crippen LogP contribution in [0.5, 0.6) is 0 Å². The van der Waals surface area contributed by atoms with Gasteiger partial charge in [-0.2, -0.15) is 0 Å². The zero-order chi connectivity index (χ0) is 4.83. The molecular formula is C4H12N2Sm. The Balaban J connectivity index is 0. The van der Waals surface area contributed by atoms with Gasteiger partial charge in [0, 0.05) is 40.4 Å². The summed E-state index contributed by atoms with van der Waals surface area (Å²) in [4.78, 5) is 0. The molecule has 0 heterocycles. The molecule has 0 amide bonds. The summed E-state index contributed by atoms with van der Waals surface area (Å²) < 4.78 is 0. The van der Waals surface area contributed by atoms with Gasteiger partial charge in [0.2, 0.25) is 0 Å². The van der Waals surface area contributed by atoms with Crippen molar-refractivity contribution in [3.63, 3.8) is 0 Å². The smallest absolute Gasteiger partial charge is 0 e. The van der Waals surface area contributed by atoms with Crippen LogP contribution in [0.3, 0.4) is 0 Å². The second-order valence-corrected chi connectivity index (χ2v) is 1.28. The molecule has 0 bridgehead atoms. The van der Waals surface area contributed by atoms with E-state index in [9.17, 15) is 0 Å². The van der Waals surface area contributed by atoms with Gasteiger partial charge in [0.05, 0.1) is 0 Å². The zero-order valence-electron chi connectivity index (χ0n) is 4.39. The molecule has 4 N–H and O–H groups in total. The molecule has 7 heavy (non-hydrogen) atoms. The minimum Gasteiger partial charge on any atom is -0.330 e. The summed E-state index contributed by atoms with van der Waals surface area (Å²) in [6, 6.07) is 0. The molecule has 0 aromatic carbocycles. The van der Waals surface area contributed by atoms with Crippen LogP contribution >= 0.6 is 0 Å². The molecule has 0 saturated heterocycles. The quantitative estimate of drug-likeness (QED) is 0.663. The molecule has 44 valence electrons. The summed E-state index contributed by atoms with van der Waals surface area (Å²) in [7, 11) is 0. The molecule has 0 aliphatic rings. The van der Waals surface area contributed by atoms with Crippen molar-refractivity contribution in [1.29, 1.82) is 0 Å². The Hall–Kier alpha value is 1.26. The number of unbranched alkanes of at least 4 members (excludes halogenated alkanes) is 1. The summed E-state index contributed by atoms with van der Waals surface area (Å²) in [6.45, 7) is 1.55. The fraction of sp³-hybridized carbons (Fsp3) is 1.00. The first-order valence-corrected chi connectivity index (χ1v) is 2.32. The third-order valence-corrected chi connectivity index (χ3v) is 0.658. The largest absolute Gasteiger partial charge is 0.330 e. The van der Waals surface area contributed by atoms with Gasteiger partial charge >= 0.3 is 0 Å². The van der Waals surface area contributed by atoms with Crippen molar-refractivity contribution in [2.24, 2.45) is 11.5 Å². The van der Waals surface area contributed by atoms with E-state index in [0.29, 0.717) is 0 Å². The average molecular weight is 239 g/mol. The molecule has 0 aromatic rings. The SMILES string of the molecule is NCCCCN.[Sm]. The van der Waals surface area contributed by atoms with Crippen LogP contribution < -0.4 is 11.5 Å². The van der Waals surface area contributed by atoms with Gasteiger partial charge in [-0.1, -0.05) is 0 Å². The van der Waals surface area contributed by atoms with Crippen LogP contribution in [0.2, 0.25) is 0 Å². The second kappa shape index (κ2) is 10.3. The average Bonchev–Trinajstić information content (AvgIpc) is 1.61. The predicted octanol–water partition coefficient (Wildman–Crippen LogP) is -0.316. The van der Waals surface area contributed by atoms with Crippen molar-refractivity contribution in [1.82, 2.24) is 0 Å². The summed E-state index contributed by atoms with van der Waals surface area (Å²) in [6.07, 6.45) is 2.13. The Bertz CT molecular complexity index is 21.7. The maximum Gasteiger partial charge on any atom is 0 e. The summed E-state index contributed by atoms with van der Waals surface area (Å²) in [5.41, 5.74) is 10.3. The van der Waals surface area contributed by atoms with Crippen LogP contribution in [0.25, 0.3) is 0 Å². The van der Waals surface area contributed by atoms with Crippen LogP contribution in [-0.2, 0) is 0 Å². The van der Waals surface area contributed by atoms with Gasteiger partial charge < -0.3 is 11.5 Å². The topological polar surface area (TPSA) is 52.0 Å². The molecular weight excluding hydrogens is 226 g/mol. The molecule has 0 fully saturated rings. The van der Waals surface area contributed by atoms with Gasteiger partial charge in [0.25, 0.3) is 0 Å². The van der Waals surface area contributed by atoms with Gasteiger partial charge in [-0.15, -0.1) is 0 Å². The van der Waals surface area contributed by atoms with Crippen LogP contribution in [0, 0.1) is 40.4 Å². The number of nitrogens with two attached hydrogens (primary N) is 2. The minimum atomic E-state index is 0. The molecule has 0 spiro atoms. The Morgan fingerprint density at radius 1 is 0.857 bits per heavy atom. The Morgan fingerprint density at radius 3 is 1.29 bits per heavy atom. The van der Waals surface area contributed by atoms with E-state index < -0.39 is 0 Å². The fourth-order valence-corrected chi connectivity index (χ4v) is 0.289. The van der Waals surface area contributed by atoms with Gasteiger partial charge in [0.15, 0.2) is 0 Å². The van der Waals surface area contributed by atoms with Gasteiger partial charge in [0.1, 0.15) is 0 Å². The maximum atomic E-state index is 5.16. The Kier molecular flexibility index (Phi) is 16.3. The van der Waals surface area contributed by atoms with Crippen LogP contribution in [0.1, 0.15) is 12.8 Å². The molecule has 0 atom stereocenters. The Morgan fingerprint density at radius 2 is 1.14 bits per heavy atom. The van der Waals surface area contributed by atoms with E-state index in [0.717, 1.165) is 25.9 Å². The first-order chi connectivity index (χ1) is 2.91. The molecule has 0 radical (unpaired) electrons. The molecule has 2 nitrogen and oxygen atoms in total. The molecule has 0 aliphatic carbocycles. The monoisotopic (exact) mass is 240 g/mol. The van der Waals surface area contributed by atoms with E-state index >= 15 is 0 Å². The van der Waals surface area contributed by atoms with Gasteiger partial charge in [-0.25, -0.2) is 0 Å². The van der Waals surface area contributed by atoms with Crippen molar-refractivity contribution < 1.29 is 40.4 Å². The molecule has 0 unspecified atom stereocenters. The van der Waals surface area contributed by atoms with E-state index in [1.165, 1.54) is 0 Å². The second-order valence-electron chi connectivity index (χ2n) is 1.28. The molecule has 0 saturated carbocycles. The fourth-order valence-electron chi connectivity index (χ4n) is 0.289. The van der Waals surface area contributed by atoms with Crippen LogP contribution in [0.15, 0.2) is 0 Å². The Labute approximate surface area is 77.1 Å². The van der Waals surface area contributed by atoms with Gasteiger partial charge in [-0.05, 0) is 25.9 Å². The van der Waals surface area contributed by atoms with Crippen molar-refractivity contribution in [2.75, 3.05) is 13.1 Å². The molecule has 0 aromatic heterocycles. The number of rotatable bonds is 3. The van der Waals surface area contributed by atoms with E-state index in [4.69, 9.17) is 11.5 Å². The van der Waals surface area contributed by atoms with E-state index in [1.807, 2.05) is 0 Å². The molecule has 0 rings (SSSR count). The van der Waals surface area contributed by atoms with Crippen molar-refractivity contribution in [2.45, 2.75) is 12.8 Å². The predicted molar refractivity (Wildman–Crippen MR) is 27.3 cm³/mol. The van der Waals surface area contributed by atoms with Crippen LogP contribution in [-0.4, -0.2) is 13.1 Å². The maximum absolute atomic E-state index is 5.16.